The van der Waals surface area contributed by atoms with Gasteiger partial charge in [0.1, 0.15) is 5.82 Å². The second kappa shape index (κ2) is 5.10. The first-order valence-corrected chi connectivity index (χ1v) is 5.65. The Morgan fingerprint density at radius 1 is 1.18 bits per heavy atom. The number of rotatable bonds is 3. The molecule has 4 nitrogen and oxygen atoms in total. The summed E-state index contributed by atoms with van der Waals surface area (Å²) in [5, 5.41) is 18.8. The van der Waals surface area contributed by atoms with Crippen molar-refractivity contribution < 1.29 is 14.6 Å². The minimum atomic E-state index is -0.711. The molecule has 4 N–H and O–H groups in total. The van der Waals surface area contributed by atoms with Crippen molar-refractivity contribution in [1.82, 2.24) is 4.90 Å². The fourth-order valence-corrected chi connectivity index (χ4v) is 2.16. The highest BCUT2D eigenvalue weighted by atomic mass is 19.1. The predicted molar refractivity (Wildman–Crippen MR) is 61.6 cm³/mol. The van der Waals surface area contributed by atoms with E-state index in [1.807, 2.05) is 11.0 Å². The summed E-state index contributed by atoms with van der Waals surface area (Å²) in [5.74, 6) is -0.303. The third-order valence-corrected chi connectivity index (χ3v) is 2.99. The minimum absolute atomic E-state index is 0.302. The van der Waals surface area contributed by atoms with E-state index in [0.29, 0.717) is 26.2 Å². The molecule has 0 amide bonds. The molecule has 1 aliphatic rings. The molecule has 0 spiro atoms. The molecule has 2 atom stereocenters. The molecule has 2 rings (SSSR count). The molecule has 0 saturated carbocycles. The van der Waals surface area contributed by atoms with Gasteiger partial charge in [0, 0.05) is 26.2 Å². The van der Waals surface area contributed by atoms with Crippen molar-refractivity contribution in [2.24, 2.45) is 5.73 Å². The van der Waals surface area contributed by atoms with Gasteiger partial charge in [0.2, 0.25) is 0 Å². The minimum Gasteiger partial charge on any atom is -0.389 e. The zero-order chi connectivity index (χ0) is 12.4. The van der Waals surface area contributed by atoms with Crippen molar-refractivity contribution >= 4 is 0 Å². The monoisotopic (exact) mass is 240 g/mol. The van der Waals surface area contributed by atoms with E-state index in [1.54, 1.807) is 0 Å². The zero-order valence-electron chi connectivity index (χ0n) is 9.51. The van der Waals surface area contributed by atoms with Crippen LogP contribution in [0.4, 0.5) is 4.39 Å². The SMILES string of the molecule is NCc1cc(F)cc(CN2CC(O)C(O)C2)c1. The highest BCUT2D eigenvalue weighted by Crippen LogP contribution is 2.16. The average Bonchev–Trinajstić information content (AvgIpc) is 2.57. The van der Waals surface area contributed by atoms with E-state index in [2.05, 4.69) is 0 Å². The van der Waals surface area contributed by atoms with Crippen LogP contribution in [-0.4, -0.2) is 40.4 Å². The number of aliphatic hydroxyl groups is 2. The van der Waals surface area contributed by atoms with Crippen molar-refractivity contribution in [2.75, 3.05) is 13.1 Å². The summed E-state index contributed by atoms with van der Waals surface area (Å²) < 4.78 is 13.3. The summed E-state index contributed by atoms with van der Waals surface area (Å²) in [6.45, 7) is 1.64. The van der Waals surface area contributed by atoms with Gasteiger partial charge >= 0.3 is 0 Å². The van der Waals surface area contributed by atoms with Gasteiger partial charge in [0.15, 0.2) is 0 Å². The first kappa shape index (κ1) is 12.4. The Labute approximate surface area is 99.5 Å². The molecule has 1 aromatic carbocycles. The largest absolute Gasteiger partial charge is 0.389 e. The lowest BCUT2D eigenvalue weighted by atomic mass is 10.1. The Morgan fingerprint density at radius 3 is 2.35 bits per heavy atom. The number of nitrogens with two attached hydrogens (primary N) is 1. The molecule has 1 aromatic rings. The van der Waals surface area contributed by atoms with Crippen LogP contribution in [0.5, 0.6) is 0 Å². The molecule has 94 valence electrons. The van der Waals surface area contributed by atoms with E-state index >= 15 is 0 Å². The summed E-state index contributed by atoms with van der Waals surface area (Å²) in [6, 6.07) is 4.72. The van der Waals surface area contributed by atoms with Crippen molar-refractivity contribution in [3.63, 3.8) is 0 Å². The summed E-state index contributed by atoms with van der Waals surface area (Å²) in [7, 11) is 0. The first-order valence-electron chi connectivity index (χ1n) is 5.65. The molecule has 1 saturated heterocycles. The Balaban J connectivity index is 2.06. The number of hydrogen-bond acceptors (Lipinski definition) is 4. The Hall–Kier alpha value is -1.01. The van der Waals surface area contributed by atoms with Gasteiger partial charge in [-0.05, 0) is 23.3 Å². The summed E-state index contributed by atoms with van der Waals surface area (Å²) in [6.07, 6.45) is -1.42. The lowest BCUT2D eigenvalue weighted by molar-refractivity contribution is 0.0572. The van der Waals surface area contributed by atoms with Gasteiger partial charge in [-0.2, -0.15) is 0 Å². The van der Waals surface area contributed by atoms with Gasteiger partial charge in [-0.1, -0.05) is 6.07 Å². The average molecular weight is 240 g/mol. The number of aliphatic hydroxyl groups excluding tert-OH is 2. The third-order valence-electron chi connectivity index (χ3n) is 2.99. The maximum atomic E-state index is 13.3. The Bertz CT molecular complexity index is 390. The van der Waals surface area contributed by atoms with E-state index in [0.717, 1.165) is 11.1 Å². The van der Waals surface area contributed by atoms with E-state index in [1.165, 1.54) is 12.1 Å². The lowest BCUT2D eigenvalue weighted by Gasteiger charge is -2.15. The molecule has 0 aromatic heterocycles. The second-order valence-corrected chi connectivity index (χ2v) is 4.50. The van der Waals surface area contributed by atoms with E-state index in [9.17, 15) is 14.6 Å². The number of benzene rings is 1. The van der Waals surface area contributed by atoms with Gasteiger partial charge < -0.3 is 15.9 Å². The lowest BCUT2D eigenvalue weighted by Crippen LogP contribution is -2.22. The summed E-state index contributed by atoms with van der Waals surface area (Å²) in [5.41, 5.74) is 7.04. The zero-order valence-corrected chi connectivity index (χ0v) is 9.51. The highest BCUT2D eigenvalue weighted by Gasteiger charge is 2.29. The fraction of sp³-hybridized carbons (Fsp3) is 0.500. The van der Waals surface area contributed by atoms with Crippen LogP contribution in [-0.2, 0) is 13.1 Å². The molecule has 0 bridgehead atoms. The van der Waals surface area contributed by atoms with Crippen LogP contribution in [0.1, 0.15) is 11.1 Å². The van der Waals surface area contributed by atoms with Gasteiger partial charge in [-0.25, -0.2) is 4.39 Å². The highest BCUT2D eigenvalue weighted by molar-refractivity contribution is 5.24. The van der Waals surface area contributed by atoms with Crippen LogP contribution in [0, 0.1) is 5.82 Å². The molecule has 1 fully saturated rings. The van der Waals surface area contributed by atoms with Crippen LogP contribution in [0.25, 0.3) is 0 Å². The number of nitrogens with zero attached hydrogens (tertiary/aromatic N) is 1. The molecular weight excluding hydrogens is 223 g/mol. The van der Waals surface area contributed by atoms with Crippen LogP contribution in [0.3, 0.4) is 0 Å². The Morgan fingerprint density at radius 2 is 1.76 bits per heavy atom. The molecule has 1 aliphatic heterocycles. The predicted octanol–water partition coefficient (Wildman–Crippen LogP) is -0.178. The number of likely N-dealkylation sites (tertiary alicyclic amines) is 1. The summed E-state index contributed by atoms with van der Waals surface area (Å²) in [4.78, 5) is 1.89. The molecule has 1 heterocycles. The van der Waals surface area contributed by atoms with Crippen LogP contribution in [0.15, 0.2) is 18.2 Å². The first-order chi connectivity index (χ1) is 8.08. The fourth-order valence-electron chi connectivity index (χ4n) is 2.16. The second-order valence-electron chi connectivity index (χ2n) is 4.50. The molecule has 5 heteroatoms. The van der Waals surface area contributed by atoms with Gasteiger partial charge in [-0.15, -0.1) is 0 Å². The molecular formula is C12H17FN2O2. The number of hydrogen-bond donors (Lipinski definition) is 3. The van der Waals surface area contributed by atoms with Crippen LogP contribution in [0.2, 0.25) is 0 Å². The van der Waals surface area contributed by atoms with Gasteiger partial charge in [-0.3, -0.25) is 4.90 Å². The van der Waals surface area contributed by atoms with Crippen molar-refractivity contribution in [2.45, 2.75) is 25.3 Å². The van der Waals surface area contributed by atoms with Crippen molar-refractivity contribution in [1.29, 1.82) is 0 Å². The molecule has 2 unspecified atom stereocenters. The maximum Gasteiger partial charge on any atom is 0.123 e. The van der Waals surface area contributed by atoms with Crippen LogP contribution < -0.4 is 5.73 Å². The normalized spacial score (nSPS) is 25.4. The third kappa shape index (κ3) is 3.01. The van der Waals surface area contributed by atoms with Gasteiger partial charge in [0.05, 0.1) is 12.2 Å². The van der Waals surface area contributed by atoms with Crippen molar-refractivity contribution in [3.05, 3.63) is 35.1 Å². The van der Waals surface area contributed by atoms with Crippen LogP contribution >= 0.6 is 0 Å². The summed E-state index contributed by atoms with van der Waals surface area (Å²) >= 11 is 0. The number of halogens is 1. The van der Waals surface area contributed by atoms with E-state index in [-0.39, 0.29) is 5.82 Å². The number of β-amino-alcohol motifs (C(OH)–C–C–N with tert-alkyl or cyclic N) is 2. The maximum absolute atomic E-state index is 13.3. The topological polar surface area (TPSA) is 69.7 Å². The standard InChI is InChI=1S/C12H17FN2O2/c13-10-2-8(4-14)1-9(3-10)5-15-6-11(16)12(17)7-15/h1-3,11-12,16-17H,4-7,14H2. The van der Waals surface area contributed by atoms with E-state index in [4.69, 9.17) is 5.73 Å². The quantitative estimate of drug-likeness (QED) is 0.685. The Kier molecular flexibility index (Phi) is 3.73. The van der Waals surface area contributed by atoms with E-state index < -0.39 is 12.2 Å². The van der Waals surface area contributed by atoms with Gasteiger partial charge in [0.25, 0.3) is 0 Å². The molecule has 17 heavy (non-hydrogen) atoms. The van der Waals surface area contributed by atoms with Crippen molar-refractivity contribution in [3.8, 4) is 0 Å². The molecule has 0 aliphatic carbocycles. The molecule has 0 radical (unpaired) electrons. The smallest absolute Gasteiger partial charge is 0.123 e.